The number of hydrogen-bond donors (Lipinski definition) is 1. The van der Waals surface area contributed by atoms with Crippen LogP contribution in [0.4, 0.5) is 11.4 Å². The Kier molecular flexibility index (Phi) is 5.75. The van der Waals surface area contributed by atoms with Gasteiger partial charge < -0.3 is 15.0 Å². The quantitative estimate of drug-likeness (QED) is 0.923. The Balaban J connectivity index is 1.87. The summed E-state index contributed by atoms with van der Waals surface area (Å²) in [6.07, 6.45) is 0.266. The smallest absolute Gasteiger partial charge is 0.234 e. The molecule has 122 valence electrons. The van der Waals surface area contributed by atoms with Crippen LogP contribution in [-0.4, -0.2) is 42.2 Å². The zero-order valence-corrected chi connectivity index (χ0v) is 14.7. The summed E-state index contributed by atoms with van der Waals surface area (Å²) in [5.41, 5.74) is 2.03. The second-order valence-corrected chi connectivity index (χ2v) is 8.43. The van der Waals surface area contributed by atoms with Gasteiger partial charge in [0.1, 0.15) is 0 Å². The minimum absolute atomic E-state index is 0.0488. The van der Waals surface area contributed by atoms with Crippen LogP contribution in [0.5, 0.6) is 0 Å². The highest BCUT2D eigenvalue weighted by atomic mass is 32.2. The molecule has 1 aliphatic rings. The number of carbonyl (C=O) groups is 1. The fourth-order valence-electron chi connectivity index (χ4n) is 2.29. The van der Waals surface area contributed by atoms with Crippen molar-refractivity contribution in [3.63, 3.8) is 0 Å². The fraction of sp³-hybridized carbons (Fsp3) is 0.588. The van der Waals surface area contributed by atoms with E-state index in [0.29, 0.717) is 5.75 Å². The lowest BCUT2D eigenvalue weighted by molar-refractivity contribution is -0.113. The standard InChI is InChI=1S/C17H26N2O2S/c1-13-11-19(9-10-21-13)15-7-5-14(6-8-15)18-16(20)12-22-17(2,3)4/h5-8,13H,9-12H2,1-4H3,(H,18,20)/t13-/m1/s1. The summed E-state index contributed by atoms with van der Waals surface area (Å²) < 4.78 is 5.66. The highest BCUT2D eigenvalue weighted by Gasteiger charge is 2.17. The van der Waals surface area contributed by atoms with Crippen molar-refractivity contribution in [1.82, 2.24) is 0 Å². The Bertz CT molecular complexity index is 496. The Morgan fingerprint density at radius 3 is 2.64 bits per heavy atom. The van der Waals surface area contributed by atoms with E-state index in [1.165, 1.54) is 5.69 Å². The molecule has 1 atom stereocenters. The van der Waals surface area contributed by atoms with Crippen LogP contribution in [0.25, 0.3) is 0 Å². The van der Waals surface area contributed by atoms with Crippen LogP contribution in [-0.2, 0) is 9.53 Å². The molecular formula is C17H26N2O2S. The zero-order chi connectivity index (χ0) is 16.2. The Hall–Kier alpha value is -1.20. The molecule has 1 heterocycles. The van der Waals surface area contributed by atoms with E-state index < -0.39 is 0 Å². The molecule has 0 aromatic heterocycles. The van der Waals surface area contributed by atoms with Crippen molar-refractivity contribution in [3.05, 3.63) is 24.3 Å². The Morgan fingerprint density at radius 1 is 1.36 bits per heavy atom. The van der Waals surface area contributed by atoms with Gasteiger partial charge in [0.25, 0.3) is 0 Å². The molecule has 2 rings (SSSR count). The first kappa shape index (κ1) is 17.2. The van der Waals surface area contributed by atoms with E-state index in [0.717, 1.165) is 25.4 Å². The van der Waals surface area contributed by atoms with E-state index in [4.69, 9.17) is 4.74 Å². The van der Waals surface area contributed by atoms with Gasteiger partial charge in [-0.05, 0) is 31.2 Å². The van der Waals surface area contributed by atoms with E-state index >= 15 is 0 Å². The van der Waals surface area contributed by atoms with Crippen molar-refractivity contribution >= 4 is 29.0 Å². The topological polar surface area (TPSA) is 41.6 Å². The number of nitrogens with zero attached hydrogens (tertiary/aromatic N) is 1. The Morgan fingerprint density at radius 2 is 2.05 bits per heavy atom. The highest BCUT2D eigenvalue weighted by molar-refractivity contribution is 8.01. The van der Waals surface area contributed by atoms with Crippen LogP contribution in [0, 0.1) is 0 Å². The number of amides is 1. The molecule has 0 aliphatic carbocycles. The molecule has 0 spiro atoms. The molecule has 0 bridgehead atoms. The maximum absolute atomic E-state index is 11.9. The van der Waals surface area contributed by atoms with E-state index in [1.54, 1.807) is 11.8 Å². The normalized spacial score (nSPS) is 19.1. The van der Waals surface area contributed by atoms with Gasteiger partial charge in [-0.25, -0.2) is 0 Å². The van der Waals surface area contributed by atoms with Crippen molar-refractivity contribution in [3.8, 4) is 0 Å². The molecule has 1 aromatic rings. The predicted molar refractivity (Wildman–Crippen MR) is 94.9 cm³/mol. The summed E-state index contributed by atoms with van der Waals surface area (Å²) in [6, 6.07) is 8.05. The molecule has 1 aliphatic heterocycles. The number of anilines is 2. The van der Waals surface area contributed by atoms with Crippen molar-refractivity contribution in [2.75, 3.05) is 35.7 Å². The van der Waals surface area contributed by atoms with Crippen molar-refractivity contribution in [1.29, 1.82) is 0 Å². The summed E-state index contributed by atoms with van der Waals surface area (Å²) in [7, 11) is 0. The van der Waals surface area contributed by atoms with Crippen molar-refractivity contribution in [2.24, 2.45) is 0 Å². The molecule has 0 saturated carbocycles. The number of morpholine rings is 1. The SMILES string of the molecule is C[C@@H]1CN(c2ccc(NC(=O)CSC(C)(C)C)cc2)CCO1. The van der Waals surface area contributed by atoms with Crippen LogP contribution in [0.2, 0.25) is 0 Å². The lowest BCUT2D eigenvalue weighted by Crippen LogP contribution is -2.41. The van der Waals surface area contributed by atoms with Gasteiger partial charge in [0.05, 0.1) is 18.5 Å². The van der Waals surface area contributed by atoms with Gasteiger partial charge in [0.15, 0.2) is 0 Å². The lowest BCUT2D eigenvalue weighted by atomic mass is 10.2. The monoisotopic (exact) mass is 322 g/mol. The number of carbonyl (C=O) groups excluding carboxylic acids is 1. The van der Waals surface area contributed by atoms with E-state index in [2.05, 4.69) is 50.0 Å². The summed E-state index contributed by atoms with van der Waals surface area (Å²) in [5, 5.41) is 2.95. The first-order chi connectivity index (χ1) is 10.3. The molecule has 4 nitrogen and oxygen atoms in total. The number of rotatable bonds is 4. The van der Waals surface area contributed by atoms with Crippen LogP contribution in [0.15, 0.2) is 24.3 Å². The van der Waals surface area contributed by atoms with Crippen LogP contribution in [0.3, 0.4) is 0 Å². The van der Waals surface area contributed by atoms with E-state index in [1.807, 2.05) is 12.1 Å². The molecule has 0 radical (unpaired) electrons. The molecule has 22 heavy (non-hydrogen) atoms. The molecular weight excluding hydrogens is 296 g/mol. The van der Waals surface area contributed by atoms with Gasteiger partial charge in [0, 0.05) is 29.2 Å². The fourth-order valence-corrected chi connectivity index (χ4v) is 2.92. The van der Waals surface area contributed by atoms with Gasteiger partial charge in [0.2, 0.25) is 5.91 Å². The third kappa shape index (κ3) is 5.54. The second-order valence-electron chi connectivity index (χ2n) is 6.62. The molecule has 1 saturated heterocycles. The maximum Gasteiger partial charge on any atom is 0.234 e. The molecule has 1 aromatic carbocycles. The molecule has 0 unspecified atom stereocenters. The van der Waals surface area contributed by atoms with Gasteiger partial charge in [-0.2, -0.15) is 0 Å². The first-order valence-electron chi connectivity index (χ1n) is 7.74. The lowest BCUT2D eigenvalue weighted by Gasteiger charge is -2.33. The number of benzene rings is 1. The van der Waals surface area contributed by atoms with E-state index in [-0.39, 0.29) is 16.8 Å². The third-order valence-electron chi connectivity index (χ3n) is 3.39. The average Bonchev–Trinajstić information content (AvgIpc) is 2.45. The van der Waals surface area contributed by atoms with E-state index in [9.17, 15) is 4.79 Å². The van der Waals surface area contributed by atoms with Crippen LogP contribution >= 0.6 is 11.8 Å². The first-order valence-corrected chi connectivity index (χ1v) is 8.72. The molecule has 1 amide bonds. The second kappa shape index (κ2) is 7.38. The molecule has 5 heteroatoms. The largest absolute Gasteiger partial charge is 0.375 e. The summed E-state index contributed by atoms with van der Waals surface area (Å²) in [4.78, 5) is 14.2. The number of ether oxygens (including phenoxy) is 1. The zero-order valence-electron chi connectivity index (χ0n) is 13.9. The summed E-state index contributed by atoms with van der Waals surface area (Å²) in [6.45, 7) is 11.0. The van der Waals surface area contributed by atoms with Crippen LogP contribution < -0.4 is 10.2 Å². The maximum atomic E-state index is 11.9. The van der Waals surface area contributed by atoms with Gasteiger partial charge in [-0.3, -0.25) is 4.79 Å². The van der Waals surface area contributed by atoms with Gasteiger partial charge in [-0.15, -0.1) is 11.8 Å². The van der Waals surface area contributed by atoms with Crippen LogP contribution in [0.1, 0.15) is 27.7 Å². The summed E-state index contributed by atoms with van der Waals surface area (Å²) in [5.74, 6) is 0.527. The van der Waals surface area contributed by atoms with Crippen molar-refractivity contribution in [2.45, 2.75) is 38.5 Å². The molecule has 1 fully saturated rings. The van der Waals surface area contributed by atoms with Gasteiger partial charge >= 0.3 is 0 Å². The number of hydrogen-bond acceptors (Lipinski definition) is 4. The predicted octanol–water partition coefficient (Wildman–Crippen LogP) is 3.38. The summed E-state index contributed by atoms with van der Waals surface area (Å²) >= 11 is 1.65. The van der Waals surface area contributed by atoms with Crippen molar-refractivity contribution < 1.29 is 9.53 Å². The third-order valence-corrected chi connectivity index (χ3v) is 4.67. The number of nitrogens with one attached hydrogen (secondary N) is 1. The van der Waals surface area contributed by atoms with Gasteiger partial charge in [-0.1, -0.05) is 20.8 Å². The minimum Gasteiger partial charge on any atom is -0.375 e. The molecule has 1 N–H and O–H groups in total. The Labute approximate surface area is 137 Å². The minimum atomic E-state index is 0.0488. The average molecular weight is 322 g/mol. The number of thioether (sulfide) groups is 1. The highest BCUT2D eigenvalue weighted by Crippen LogP contribution is 2.24.